The zero-order chi connectivity index (χ0) is 31.5. The second-order valence-electron chi connectivity index (χ2n) is 11.5. The number of aliphatic hydroxyl groups excluding tert-OH is 2. The summed E-state index contributed by atoms with van der Waals surface area (Å²) in [6.45, 7) is 0. The number of hydrogen-bond donors (Lipinski definition) is 5. The predicted octanol–water partition coefficient (Wildman–Crippen LogP) is 1.59. The Morgan fingerprint density at radius 1 is 1.09 bits per heavy atom. The number of carbonyl (C=O) groups is 3. The summed E-state index contributed by atoms with van der Waals surface area (Å²) in [5, 5.41) is 45.6. The van der Waals surface area contributed by atoms with Crippen molar-refractivity contribution in [1.82, 2.24) is 4.90 Å². The molecule has 0 aliphatic heterocycles. The summed E-state index contributed by atoms with van der Waals surface area (Å²) >= 11 is 0. The van der Waals surface area contributed by atoms with E-state index < -0.39 is 63.8 Å². The van der Waals surface area contributed by atoms with Crippen LogP contribution in [0.5, 0.6) is 11.5 Å². The highest BCUT2D eigenvalue weighted by Crippen LogP contribution is 2.53. The third-order valence-electron chi connectivity index (χ3n) is 8.59. The molecule has 43 heavy (non-hydrogen) atoms. The van der Waals surface area contributed by atoms with Gasteiger partial charge in [0.25, 0.3) is 5.91 Å². The number of likely N-dealkylation sites (N-methyl/N-ethyl adjacent to an activating group) is 1. The molecule has 0 bridgehead atoms. The van der Waals surface area contributed by atoms with Gasteiger partial charge >= 0.3 is 0 Å². The second-order valence-corrected chi connectivity index (χ2v) is 11.5. The van der Waals surface area contributed by atoms with Crippen molar-refractivity contribution in [2.75, 3.05) is 40.2 Å². The number of amides is 1. The summed E-state index contributed by atoms with van der Waals surface area (Å²) in [5.74, 6) is -0.503. The third-order valence-corrected chi connectivity index (χ3v) is 8.59. The number of primary amides is 1. The van der Waals surface area contributed by atoms with E-state index in [9.17, 15) is 34.8 Å². The zero-order valence-corrected chi connectivity index (χ0v) is 24.4. The van der Waals surface area contributed by atoms with Gasteiger partial charge in [0.15, 0.2) is 11.4 Å². The predicted molar refractivity (Wildman–Crippen MR) is 157 cm³/mol. The van der Waals surface area contributed by atoms with Crippen molar-refractivity contribution in [1.29, 1.82) is 0 Å². The van der Waals surface area contributed by atoms with E-state index in [1.54, 1.807) is 63.4 Å². The molecule has 0 fully saturated rings. The van der Waals surface area contributed by atoms with Gasteiger partial charge in [0.1, 0.15) is 28.6 Å². The Morgan fingerprint density at radius 3 is 2.40 bits per heavy atom. The monoisotopic (exact) mass is 587 g/mol. The van der Waals surface area contributed by atoms with Crippen LogP contribution in [0, 0.1) is 23.7 Å². The average molecular weight is 588 g/mol. The normalized spacial score (nSPS) is 24.6. The summed E-state index contributed by atoms with van der Waals surface area (Å²) in [5.41, 5.74) is 3.45. The molecule has 0 aromatic heterocycles. The van der Waals surface area contributed by atoms with E-state index in [2.05, 4.69) is 11.8 Å². The molecule has 0 radical (unpaired) electrons. The van der Waals surface area contributed by atoms with Gasteiger partial charge in [-0.1, -0.05) is 17.9 Å². The van der Waals surface area contributed by atoms with Crippen molar-refractivity contribution < 1.29 is 39.5 Å². The topological polar surface area (TPSA) is 174 Å². The molecule has 11 heteroatoms. The van der Waals surface area contributed by atoms with E-state index in [0.717, 1.165) is 0 Å². The Kier molecular flexibility index (Phi) is 7.24. The molecule has 0 spiro atoms. The number of anilines is 1. The number of hydrogen-bond acceptors (Lipinski definition) is 10. The number of Topliss-reactive ketones (excluding diaryl/α,β-unsaturated/α-hetero) is 2. The van der Waals surface area contributed by atoms with Gasteiger partial charge in [-0.25, -0.2) is 0 Å². The van der Waals surface area contributed by atoms with Gasteiger partial charge in [-0.05, 0) is 62.7 Å². The minimum atomic E-state index is -2.70. The van der Waals surface area contributed by atoms with Crippen LogP contribution in [-0.2, 0) is 16.0 Å². The zero-order valence-electron chi connectivity index (χ0n) is 24.4. The quantitative estimate of drug-likeness (QED) is 0.261. The van der Waals surface area contributed by atoms with Crippen LogP contribution in [0.4, 0.5) is 5.69 Å². The Labute approximate surface area is 248 Å². The van der Waals surface area contributed by atoms with Crippen LogP contribution < -0.4 is 15.4 Å². The first-order valence-corrected chi connectivity index (χ1v) is 13.6. The highest BCUT2D eigenvalue weighted by Gasteiger charge is 2.63. The number of fused-ring (bicyclic) bond motifs is 3. The Hall–Kier alpha value is -4.79. The van der Waals surface area contributed by atoms with Crippen LogP contribution in [-0.4, -0.2) is 89.7 Å². The molecule has 2 aromatic rings. The highest BCUT2D eigenvalue weighted by atomic mass is 16.5. The minimum Gasteiger partial charge on any atom is -0.510 e. The van der Waals surface area contributed by atoms with Crippen molar-refractivity contribution in [2.24, 2.45) is 17.6 Å². The van der Waals surface area contributed by atoms with Crippen molar-refractivity contribution in [3.8, 4) is 23.3 Å². The van der Waals surface area contributed by atoms with Gasteiger partial charge < -0.3 is 35.8 Å². The Morgan fingerprint density at radius 2 is 1.79 bits per heavy atom. The number of ketones is 2. The lowest BCUT2D eigenvalue weighted by atomic mass is 9.58. The van der Waals surface area contributed by atoms with Gasteiger partial charge in [-0.2, -0.15) is 0 Å². The summed E-state index contributed by atoms with van der Waals surface area (Å²) in [6, 6.07) is 7.66. The van der Waals surface area contributed by atoms with Crippen LogP contribution in [0.25, 0.3) is 0 Å². The molecule has 6 N–H and O–H groups in total. The number of aromatic hydroxyl groups is 1. The van der Waals surface area contributed by atoms with E-state index in [-0.39, 0.29) is 29.5 Å². The molecule has 0 unspecified atom stereocenters. The number of benzene rings is 2. The molecular weight excluding hydrogens is 554 g/mol. The molecule has 3 aliphatic rings. The SMILES string of the molecule is COc1cccc(C#Cc2cc(N(C)C)c3c(c2O)C(=O)C2=C(O)[C@]4(O)C(=O)C(C(N)=O)=C(O)[C@H](N(C)C)[C@H]4C[C@H]2C3)c1. The molecular formula is C32H33N3O8. The first-order valence-electron chi connectivity index (χ1n) is 13.6. The number of nitrogens with two attached hydrogens (primary N) is 1. The fourth-order valence-electron chi connectivity index (χ4n) is 6.63. The first kappa shape index (κ1) is 29.7. The van der Waals surface area contributed by atoms with Gasteiger partial charge in [0.05, 0.1) is 24.3 Å². The molecule has 0 heterocycles. The summed E-state index contributed by atoms with van der Waals surface area (Å²) in [7, 11) is 8.28. The van der Waals surface area contributed by atoms with E-state index in [0.29, 0.717) is 22.6 Å². The molecule has 1 amide bonds. The molecule has 11 nitrogen and oxygen atoms in total. The van der Waals surface area contributed by atoms with E-state index >= 15 is 0 Å². The Bertz CT molecular complexity index is 1710. The van der Waals surface area contributed by atoms with Crippen LogP contribution >= 0.6 is 0 Å². The second kappa shape index (κ2) is 10.5. The lowest BCUT2D eigenvalue weighted by Crippen LogP contribution is -2.63. The standard InChI is InChI=1S/C32H33N3O8/c1-34(2)21-14-16(10-9-15-7-6-8-18(11-15)43-5)26(36)23-19(21)12-17-13-20-25(35(3)4)28(38)24(31(33)41)30(40)32(20,42)29(39)22(17)27(23)37/h6-8,11,14,17,20,25,36,38-39,42H,12-13H2,1-5H3,(H2,33,41)/t17-,20-,25-,32+/m1/s1. The minimum absolute atomic E-state index is 0.0107. The maximum Gasteiger partial charge on any atom is 0.255 e. The third kappa shape index (κ3) is 4.42. The fourth-order valence-corrected chi connectivity index (χ4v) is 6.63. The van der Waals surface area contributed by atoms with Crippen molar-refractivity contribution in [3.63, 3.8) is 0 Å². The summed E-state index contributed by atoms with van der Waals surface area (Å²) in [4.78, 5) is 43.1. The number of ether oxygens (including phenoxy) is 1. The molecule has 4 atom stereocenters. The number of phenolic OH excluding ortho intramolecular Hbond substituents is 1. The van der Waals surface area contributed by atoms with E-state index in [1.165, 1.54) is 12.0 Å². The van der Waals surface area contributed by atoms with Crippen LogP contribution in [0.3, 0.4) is 0 Å². The van der Waals surface area contributed by atoms with Crippen LogP contribution in [0.1, 0.15) is 33.5 Å². The van der Waals surface area contributed by atoms with E-state index in [1.807, 2.05) is 0 Å². The number of aliphatic hydroxyl groups is 3. The lowest BCUT2D eigenvalue weighted by Gasteiger charge is -2.50. The lowest BCUT2D eigenvalue weighted by molar-refractivity contribution is -0.148. The maximum atomic E-state index is 14.1. The molecule has 3 aliphatic carbocycles. The van der Waals surface area contributed by atoms with Gasteiger partial charge in [-0.15, -0.1) is 0 Å². The number of methoxy groups -OCH3 is 1. The van der Waals surface area contributed by atoms with E-state index in [4.69, 9.17) is 10.5 Å². The smallest absolute Gasteiger partial charge is 0.255 e. The molecule has 0 saturated carbocycles. The molecule has 0 saturated heterocycles. The first-order chi connectivity index (χ1) is 20.2. The summed E-state index contributed by atoms with van der Waals surface area (Å²) in [6.07, 6.45) is 0.190. The average Bonchev–Trinajstić information content (AvgIpc) is 2.94. The molecule has 2 aromatic carbocycles. The summed E-state index contributed by atoms with van der Waals surface area (Å²) < 4.78 is 5.24. The number of allylic oxidation sites excluding steroid dienone is 1. The molecule has 5 rings (SSSR count). The number of carbonyl (C=O) groups excluding carboxylic acids is 3. The number of phenols is 1. The van der Waals surface area contributed by atoms with Gasteiger partial charge in [0, 0.05) is 36.8 Å². The van der Waals surface area contributed by atoms with Crippen molar-refractivity contribution in [2.45, 2.75) is 24.5 Å². The van der Waals surface area contributed by atoms with Crippen molar-refractivity contribution in [3.05, 3.63) is 75.3 Å². The largest absolute Gasteiger partial charge is 0.510 e. The number of nitrogens with zero attached hydrogens (tertiary/aromatic N) is 2. The highest BCUT2D eigenvalue weighted by molar-refractivity contribution is 6.25. The number of rotatable bonds is 4. The Balaban J connectivity index is 1.70. The van der Waals surface area contributed by atoms with Gasteiger partial charge in [-0.3, -0.25) is 19.3 Å². The van der Waals surface area contributed by atoms with Crippen molar-refractivity contribution >= 4 is 23.2 Å². The maximum absolute atomic E-state index is 14.1. The van der Waals surface area contributed by atoms with Crippen LogP contribution in [0.15, 0.2) is 53.0 Å². The van der Waals surface area contributed by atoms with Gasteiger partial charge in [0.2, 0.25) is 5.78 Å². The fraction of sp³-hybridized carbons (Fsp3) is 0.344. The molecule has 224 valence electrons. The van der Waals surface area contributed by atoms with Crippen LogP contribution in [0.2, 0.25) is 0 Å².